The van der Waals surface area contributed by atoms with Crippen LogP contribution in [0.5, 0.6) is 0 Å². The molecule has 0 saturated carbocycles. The summed E-state index contributed by atoms with van der Waals surface area (Å²) in [5, 5.41) is 12.4. The number of hydrogen-bond donors (Lipinski definition) is 2. The highest BCUT2D eigenvalue weighted by molar-refractivity contribution is 5.70. The number of piperidine rings is 1. The molecule has 1 fully saturated rings. The molecule has 1 aliphatic heterocycles. The van der Waals surface area contributed by atoms with Crippen molar-refractivity contribution in [3.63, 3.8) is 0 Å². The third-order valence-corrected chi connectivity index (χ3v) is 4.05. The number of nitrogens with zero attached hydrogens (tertiary/aromatic N) is 1. The molecule has 0 bridgehead atoms. The predicted octanol–water partition coefficient (Wildman–Crippen LogP) is 1.66. The van der Waals surface area contributed by atoms with Crippen LogP contribution in [0.4, 0.5) is 0 Å². The number of nitrogens with one attached hydrogen (secondary N) is 1. The van der Waals surface area contributed by atoms with E-state index < -0.39 is 5.97 Å². The van der Waals surface area contributed by atoms with E-state index in [9.17, 15) is 4.79 Å². The Balaban J connectivity index is 2.12. The predicted molar refractivity (Wildman–Crippen MR) is 73.7 cm³/mol. The van der Waals surface area contributed by atoms with Crippen LogP contribution in [-0.2, 0) is 4.79 Å². The minimum absolute atomic E-state index is 0.193. The summed E-state index contributed by atoms with van der Waals surface area (Å²) in [5.41, 5.74) is 0. The lowest BCUT2D eigenvalue weighted by molar-refractivity contribution is -0.143. The molecule has 1 atom stereocenters. The van der Waals surface area contributed by atoms with Crippen LogP contribution in [0.2, 0.25) is 0 Å². The zero-order valence-electron chi connectivity index (χ0n) is 12.0. The largest absolute Gasteiger partial charge is 0.481 e. The molecule has 0 aromatic rings. The van der Waals surface area contributed by atoms with Gasteiger partial charge < -0.3 is 15.3 Å². The van der Waals surface area contributed by atoms with E-state index in [-0.39, 0.29) is 11.8 Å². The molecule has 1 rings (SSSR count). The molecule has 0 radical (unpaired) electrons. The van der Waals surface area contributed by atoms with Crippen LogP contribution >= 0.6 is 0 Å². The molecule has 0 spiro atoms. The van der Waals surface area contributed by atoms with Crippen molar-refractivity contribution < 1.29 is 9.90 Å². The molecule has 1 unspecified atom stereocenters. The smallest absolute Gasteiger partial charge is 0.308 e. The number of carbonyl (C=O) groups is 1. The molecule has 18 heavy (non-hydrogen) atoms. The van der Waals surface area contributed by atoms with Crippen molar-refractivity contribution in [1.29, 1.82) is 0 Å². The molecule has 4 heteroatoms. The summed E-state index contributed by atoms with van der Waals surface area (Å²) < 4.78 is 0. The van der Waals surface area contributed by atoms with Crippen molar-refractivity contribution in [2.75, 3.05) is 33.2 Å². The molecule has 0 aromatic heterocycles. The summed E-state index contributed by atoms with van der Waals surface area (Å²) in [4.78, 5) is 13.4. The Morgan fingerprint density at radius 1 is 1.39 bits per heavy atom. The maximum absolute atomic E-state index is 11.0. The van der Waals surface area contributed by atoms with Gasteiger partial charge in [0.05, 0.1) is 5.92 Å². The molecule has 106 valence electrons. The van der Waals surface area contributed by atoms with Gasteiger partial charge in [0.15, 0.2) is 0 Å². The van der Waals surface area contributed by atoms with Crippen LogP contribution in [0, 0.1) is 17.8 Å². The van der Waals surface area contributed by atoms with Gasteiger partial charge in [-0.3, -0.25) is 4.79 Å². The summed E-state index contributed by atoms with van der Waals surface area (Å²) in [6.45, 7) is 7.89. The molecule has 2 N–H and O–H groups in total. The van der Waals surface area contributed by atoms with Crippen molar-refractivity contribution in [2.24, 2.45) is 17.8 Å². The normalized spacial score (nSPS) is 20.2. The maximum Gasteiger partial charge on any atom is 0.308 e. The highest BCUT2D eigenvalue weighted by Gasteiger charge is 2.21. The molecule has 1 aliphatic rings. The van der Waals surface area contributed by atoms with Gasteiger partial charge in [0.1, 0.15) is 0 Å². The second-order valence-electron chi connectivity index (χ2n) is 5.93. The van der Waals surface area contributed by atoms with E-state index in [1.807, 2.05) is 13.8 Å². The number of rotatable bonds is 7. The monoisotopic (exact) mass is 256 g/mol. The van der Waals surface area contributed by atoms with Gasteiger partial charge in [-0.15, -0.1) is 0 Å². The molecule has 0 amide bonds. The third-order valence-electron chi connectivity index (χ3n) is 4.05. The highest BCUT2D eigenvalue weighted by Crippen LogP contribution is 2.18. The average Bonchev–Trinajstić information content (AvgIpc) is 2.30. The van der Waals surface area contributed by atoms with Gasteiger partial charge in [-0.1, -0.05) is 13.8 Å². The lowest BCUT2D eigenvalue weighted by Crippen LogP contribution is -2.34. The van der Waals surface area contributed by atoms with Crippen LogP contribution < -0.4 is 5.32 Å². The second-order valence-corrected chi connectivity index (χ2v) is 5.93. The Morgan fingerprint density at radius 2 is 2.00 bits per heavy atom. The molecule has 1 heterocycles. The average molecular weight is 256 g/mol. The van der Waals surface area contributed by atoms with Gasteiger partial charge in [0.25, 0.3) is 0 Å². The van der Waals surface area contributed by atoms with Crippen LogP contribution in [0.3, 0.4) is 0 Å². The lowest BCUT2D eigenvalue weighted by atomic mass is 9.93. The number of carboxylic acids is 1. The fourth-order valence-corrected chi connectivity index (χ4v) is 2.52. The number of likely N-dealkylation sites (tertiary alicyclic amines) is 1. The lowest BCUT2D eigenvalue weighted by Gasteiger charge is -2.29. The van der Waals surface area contributed by atoms with Crippen LogP contribution in [0.25, 0.3) is 0 Å². The number of aliphatic carboxylic acids is 1. The fourth-order valence-electron chi connectivity index (χ4n) is 2.52. The van der Waals surface area contributed by atoms with Crippen molar-refractivity contribution in [3.05, 3.63) is 0 Å². The van der Waals surface area contributed by atoms with Crippen LogP contribution in [0.1, 0.15) is 33.1 Å². The summed E-state index contributed by atoms with van der Waals surface area (Å²) in [7, 11) is 2.18. The third kappa shape index (κ3) is 5.36. The van der Waals surface area contributed by atoms with Gasteiger partial charge in [-0.05, 0) is 57.8 Å². The van der Waals surface area contributed by atoms with Crippen molar-refractivity contribution in [2.45, 2.75) is 33.1 Å². The van der Waals surface area contributed by atoms with Crippen LogP contribution in [-0.4, -0.2) is 49.2 Å². The fraction of sp³-hybridized carbons (Fsp3) is 0.929. The summed E-state index contributed by atoms with van der Waals surface area (Å²) >= 11 is 0. The van der Waals surface area contributed by atoms with E-state index in [4.69, 9.17) is 5.11 Å². The minimum Gasteiger partial charge on any atom is -0.481 e. The molecule has 0 aromatic carbocycles. The number of carboxylic acid groups (broad SMARTS) is 1. The molecule has 0 aliphatic carbocycles. The zero-order chi connectivity index (χ0) is 13.5. The Labute approximate surface area is 111 Å². The quantitative estimate of drug-likeness (QED) is 0.680. The molecule has 1 saturated heterocycles. The van der Waals surface area contributed by atoms with Gasteiger partial charge >= 0.3 is 5.97 Å². The second kappa shape index (κ2) is 7.74. The van der Waals surface area contributed by atoms with E-state index in [1.165, 1.54) is 32.4 Å². The first-order valence-corrected chi connectivity index (χ1v) is 7.12. The van der Waals surface area contributed by atoms with E-state index in [1.54, 1.807) is 0 Å². The van der Waals surface area contributed by atoms with Gasteiger partial charge in [0.2, 0.25) is 0 Å². The van der Waals surface area contributed by atoms with E-state index in [0.717, 1.165) is 12.5 Å². The van der Waals surface area contributed by atoms with Gasteiger partial charge in [-0.25, -0.2) is 0 Å². The van der Waals surface area contributed by atoms with Crippen LogP contribution in [0.15, 0.2) is 0 Å². The van der Waals surface area contributed by atoms with Crippen molar-refractivity contribution in [1.82, 2.24) is 10.2 Å². The Bertz CT molecular complexity index is 248. The Morgan fingerprint density at radius 3 is 2.50 bits per heavy atom. The standard InChI is InChI=1S/C14H28N2O2/c1-11(2)13(14(17)18)10-15-7-4-12-5-8-16(3)9-6-12/h11-13,15H,4-10H2,1-3H3,(H,17,18). The summed E-state index contributed by atoms with van der Waals surface area (Å²) in [6.07, 6.45) is 3.74. The topological polar surface area (TPSA) is 52.6 Å². The van der Waals surface area contributed by atoms with Gasteiger partial charge in [0, 0.05) is 6.54 Å². The number of hydrogen-bond acceptors (Lipinski definition) is 3. The Kier molecular flexibility index (Phi) is 6.65. The minimum atomic E-state index is -0.684. The first-order valence-electron chi connectivity index (χ1n) is 7.12. The van der Waals surface area contributed by atoms with Gasteiger partial charge in [-0.2, -0.15) is 0 Å². The maximum atomic E-state index is 11.0. The highest BCUT2D eigenvalue weighted by atomic mass is 16.4. The van der Waals surface area contributed by atoms with E-state index in [0.29, 0.717) is 6.54 Å². The molecule has 4 nitrogen and oxygen atoms in total. The first kappa shape index (κ1) is 15.4. The van der Waals surface area contributed by atoms with E-state index in [2.05, 4.69) is 17.3 Å². The molecular weight excluding hydrogens is 228 g/mol. The summed E-state index contributed by atoms with van der Waals surface area (Å²) in [6, 6.07) is 0. The summed E-state index contributed by atoms with van der Waals surface area (Å²) in [5.74, 6) is 0.0636. The first-order chi connectivity index (χ1) is 8.50. The van der Waals surface area contributed by atoms with E-state index >= 15 is 0 Å². The Hall–Kier alpha value is -0.610. The zero-order valence-corrected chi connectivity index (χ0v) is 12.0. The SMILES string of the molecule is CC(C)C(CNCCC1CCN(C)CC1)C(=O)O. The van der Waals surface area contributed by atoms with Crippen molar-refractivity contribution in [3.8, 4) is 0 Å². The van der Waals surface area contributed by atoms with Crippen molar-refractivity contribution >= 4 is 5.97 Å². The molecular formula is C14H28N2O2.